The Morgan fingerprint density at radius 1 is 1.17 bits per heavy atom. The van der Waals surface area contributed by atoms with Crippen molar-refractivity contribution in [2.45, 2.75) is 57.9 Å². The van der Waals surface area contributed by atoms with Crippen molar-refractivity contribution in [3.8, 4) is 10.7 Å². The fourth-order valence-corrected chi connectivity index (χ4v) is 5.35. The highest BCUT2D eigenvalue weighted by atomic mass is 32.1. The molecular formula is C23H28N4O2S. The molecule has 1 amide bonds. The molecule has 0 radical (unpaired) electrons. The molecule has 1 aromatic carbocycles. The minimum atomic E-state index is -0.0277. The van der Waals surface area contributed by atoms with E-state index in [1.807, 2.05) is 0 Å². The molecule has 7 heteroatoms. The van der Waals surface area contributed by atoms with Crippen LogP contribution in [-0.4, -0.2) is 35.2 Å². The van der Waals surface area contributed by atoms with Crippen LogP contribution < -0.4 is 10.2 Å². The smallest absolute Gasteiger partial charge is 0.263 e. The van der Waals surface area contributed by atoms with Crippen LogP contribution in [0.1, 0.15) is 61.5 Å². The number of hydrogen-bond acceptors (Lipinski definition) is 6. The van der Waals surface area contributed by atoms with Gasteiger partial charge in [0.15, 0.2) is 5.58 Å². The van der Waals surface area contributed by atoms with E-state index in [-0.39, 0.29) is 5.91 Å². The summed E-state index contributed by atoms with van der Waals surface area (Å²) < 4.78 is 5.64. The number of anilines is 1. The normalized spacial score (nSPS) is 18.8. The van der Waals surface area contributed by atoms with Gasteiger partial charge < -0.3 is 14.7 Å². The van der Waals surface area contributed by atoms with Crippen LogP contribution in [0.25, 0.3) is 21.7 Å². The quantitative estimate of drug-likeness (QED) is 0.619. The molecule has 5 rings (SSSR count). The molecule has 3 aromatic rings. The zero-order chi connectivity index (χ0) is 20.5. The van der Waals surface area contributed by atoms with E-state index in [4.69, 9.17) is 4.52 Å². The Balaban J connectivity index is 1.33. The third-order valence-electron chi connectivity index (χ3n) is 6.48. The second kappa shape index (κ2) is 8.38. The number of hydrogen-bond donors (Lipinski definition) is 1. The highest BCUT2D eigenvalue weighted by molar-refractivity contribution is 7.17. The fourth-order valence-electron chi connectivity index (χ4n) is 4.54. The summed E-state index contributed by atoms with van der Waals surface area (Å²) in [4.78, 5) is 20.1. The van der Waals surface area contributed by atoms with Gasteiger partial charge in [0.05, 0.1) is 11.6 Å². The highest BCUT2D eigenvalue weighted by Crippen LogP contribution is 2.34. The standard InChI is InChI=1S/C23H28N4O2S/c1-15-9-11-27(12-10-15)17-7-8-18-19(13-17)29-26-21(18)23-24-14-20(30-23)22(28)25-16-5-3-2-4-6-16/h7-8,13-16H,2-6,9-12H2,1H3,(H,25,28). The molecule has 1 saturated carbocycles. The molecule has 2 aliphatic rings. The zero-order valence-electron chi connectivity index (χ0n) is 17.4. The van der Waals surface area contributed by atoms with E-state index in [9.17, 15) is 4.79 Å². The minimum absolute atomic E-state index is 0.0277. The van der Waals surface area contributed by atoms with Gasteiger partial charge in [0.2, 0.25) is 0 Å². The molecule has 30 heavy (non-hydrogen) atoms. The van der Waals surface area contributed by atoms with Gasteiger partial charge in [0, 0.05) is 30.9 Å². The molecule has 0 bridgehead atoms. The Labute approximate surface area is 180 Å². The SMILES string of the molecule is CC1CCN(c2ccc3c(-c4ncc(C(=O)NC5CCCCC5)s4)noc3c2)CC1. The number of aromatic nitrogens is 2. The van der Waals surface area contributed by atoms with E-state index in [0.717, 1.165) is 47.8 Å². The van der Waals surface area contributed by atoms with Crippen molar-refractivity contribution >= 4 is 33.9 Å². The van der Waals surface area contributed by atoms with Crippen LogP contribution in [0.2, 0.25) is 0 Å². The van der Waals surface area contributed by atoms with Crippen LogP contribution in [0, 0.1) is 5.92 Å². The summed E-state index contributed by atoms with van der Waals surface area (Å²) in [5, 5.41) is 9.10. The van der Waals surface area contributed by atoms with Crippen LogP contribution in [0.5, 0.6) is 0 Å². The van der Waals surface area contributed by atoms with Gasteiger partial charge >= 0.3 is 0 Å². The van der Waals surface area contributed by atoms with E-state index in [1.165, 1.54) is 49.1 Å². The van der Waals surface area contributed by atoms with Crippen molar-refractivity contribution in [1.29, 1.82) is 0 Å². The predicted molar refractivity (Wildman–Crippen MR) is 120 cm³/mol. The molecule has 158 valence electrons. The van der Waals surface area contributed by atoms with E-state index in [1.54, 1.807) is 6.20 Å². The number of nitrogens with one attached hydrogen (secondary N) is 1. The van der Waals surface area contributed by atoms with Crippen LogP contribution in [0.4, 0.5) is 5.69 Å². The lowest BCUT2D eigenvalue weighted by atomic mass is 9.95. The molecule has 0 spiro atoms. The monoisotopic (exact) mass is 424 g/mol. The molecule has 1 aliphatic carbocycles. The molecule has 1 saturated heterocycles. The summed E-state index contributed by atoms with van der Waals surface area (Å²) >= 11 is 1.38. The molecule has 0 unspecified atom stereocenters. The lowest BCUT2D eigenvalue weighted by Crippen LogP contribution is -2.35. The number of nitrogens with zero attached hydrogens (tertiary/aromatic N) is 3. The first-order valence-electron chi connectivity index (χ1n) is 11.1. The maximum absolute atomic E-state index is 12.6. The lowest BCUT2D eigenvalue weighted by molar-refractivity contribution is 0.0931. The number of carbonyl (C=O) groups is 1. The number of carbonyl (C=O) groups excluding carboxylic acids is 1. The first kappa shape index (κ1) is 19.5. The number of fused-ring (bicyclic) bond motifs is 1. The van der Waals surface area contributed by atoms with Gasteiger partial charge in [-0.25, -0.2) is 4.98 Å². The maximum atomic E-state index is 12.6. The molecule has 2 aromatic heterocycles. The number of rotatable bonds is 4. The largest absolute Gasteiger partial charge is 0.371 e. The van der Waals surface area contributed by atoms with Crippen molar-refractivity contribution in [3.05, 3.63) is 29.3 Å². The number of benzene rings is 1. The van der Waals surface area contributed by atoms with Crippen LogP contribution in [-0.2, 0) is 0 Å². The summed E-state index contributed by atoms with van der Waals surface area (Å²) in [6.45, 7) is 4.49. The molecule has 6 nitrogen and oxygen atoms in total. The van der Waals surface area contributed by atoms with Gasteiger partial charge in [-0.05, 0) is 43.7 Å². The molecular weight excluding hydrogens is 396 g/mol. The molecule has 3 heterocycles. The predicted octanol–water partition coefficient (Wildman–Crippen LogP) is 5.25. The first-order valence-corrected chi connectivity index (χ1v) is 11.9. The van der Waals surface area contributed by atoms with E-state index in [2.05, 4.69) is 45.5 Å². The zero-order valence-corrected chi connectivity index (χ0v) is 18.2. The van der Waals surface area contributed by atoms with E-state index in [0.29, 0.717) is 16.6 Å². The second-order valence-corrected chi connectivity index (χ2v) is 9.75. The first-order chi connectivity index (χ1) is 14.7. The van der Waals surface area contributed by atoms with Crippen molar-refractivity contribution in [3.63, 3.8) is 0 Å². The van der Waals surface area contributed by atoms with Gasteiger partial charge in [-0.3, -0.25) is 4.79 Å². The number of thiazole rings is 1. The summed E-state index contributed by atoms with van der Waals surface area (Å²) in [7, 11) is 0. The van der Waals surface area contributed by atoms with Gasteiger partial charge in [-0.15, -0.1) is 11.3 Å². The third kappa shape index (κ3) is 3.95. The van der Waals surface area contributed by atoms with Gasteiger partial charge in [0.25, 0.3) is 5.91 Å². The van der Waals surface area contributed by atoms with Crippen molar-refractivity contribution in [1.82, 2.24) is 15.5 Å². The number of amides is 1. The van der Waals surface area contributed by atoms with Gasteiger partial charge in [-0.1, -0.05) is 31.3 Å². The van der Waals surface area contributed by atoms with Crippen molar-refractivity contribution in [2.75, 3.05) is 18.0 Å². The Hall–Kier alpha value is -2.41. The Morgan fingerprint density at radius 3 is 2.77 bits per heavy atom. The topological polar surface area (TPSA) is 71.3 Å². The lowest BCUT2D eigenvalue weighted by Gasteiger charge is -2.32. The van der Waals surface area contributed by atoms with Crippen LogP contribution in [0.3, 0.4) is 0 Å². The van der Waals surface area contributed by atoms with Crippen LogP contribution in [0.15, 0.2) is 28.9 Å². The fraction of sp³-hybridized carbons (Fsp3) is 0.522. The Bertz CT molecular complexity index is 1030. The van der Waals surface area contributed by atoms with Crippen molar-refractivity contribution < 1.29 is 9.32 Å². The maximum Gasteiger partial charge on any atom is 0.263 e. The summed E-state index contributed by atoms with van der Waals surface area (Å²) in [5.41, 5.74) is 2.67. The van der Waals surface area contributed by atoms with Crippen molar-refractivity contribution in [2.24, 2.45) is 5.92 Å². The Morgan fingerprint density at radius 2 is 1.97 bits per heavy atom. The highest BCUT2D eigenvalue weighted by Gasteiger charge is 2.22. The molecule has 1 N–H and O–H groups in total. The Kier molecular flexibility index (Phi) is 5.46. The summed E-state index contributed by atoms with van der Waals surface area (Å²) in [6.07, 6.45) is 9.92. The van der Waals surface area contributed by atoms with E-state index >= 15 is 0 Å². The molecule has 1 aliphatic heterocycles. The molecule has 2 fully saturated rings. The molecule has 0 atom stereocenters. The average Bonchev–Trinajstić information content (AvgIpc) is 3.41. The average molecular weight is 425 g/mol. The van der Waals surface area contributed by atoms with E-state index < -0.39 is 0 Å². The summed E-state index contributed by atoms with van der Waals surface area (Å²) in [6, 6.07) is 6.58. The van der Waals surface area contributed by atoms with Gasteiger partial charge in [0.1, 0.15) is 15.6 Å². The van der Waals surface area contributed by atoms with Gasteiger partial charge in [-0.2, -0.15) is 0 Å². The minimum Gasteiger partial charge on any atom is -0.371 e. The van der Waals surface area contributed by atoms with Crippen LogP contribution >= 0.6 is 11.3 Å². The second-order valence-electron chi connectivity index (χ2n) is 8.72. The number of piperidine rings is 1. The summed E-state index contributed by atoms with van der Waals surface area (Å²) in [5.74, 6) is 0.774. The third-order valence-corrected chi connectivity index (χ3v) is 7.48.